The van der Waals surface area contributed by atoms with E-state index in [2.05, 4.69) is 39.8 Å². The number of carbonyl (C=O) groups is 1. The molecule has 1 rings (SSSR count). The third-order valence-corrected chi connectivity index (χ3v) is 3.35. The van der Waals surface area contributed by atoms with Crippen LogP contribution in [0.3, 0.4) is 0 Å². The molecule has 0 saturated carbocycles. The fourth-order valence-electron chi connectivity index (χ4n) is 2.06. The molecule has 1 amide bonds. The Kier molecular flexibility index (Phi) is 9.43. The van der Waals surface area contributed by atoms with Crippen LogP contribution in [0.1, 0.15) is 43.5 Å². The number of carbonyl (C=O) groups excluding carboxylic acids is 1. The summed E-state index contributed by atoms with van der Waals surface area (Å²) < 4.78 is 0. The van der Waals surface area contributed by atoms with E-state index < -0.39 is 0 Å². The molecule has 6 nitrogen and oxygen atoms in total. The fourth-order valence-corrected chi connectivity index (χ4v) is 2.06. The van der Waals surface area contributed by atoms with Gasteiger partial charge in [0, 0.05) is 39.1 Å². The highest BCUT2D eigenvalue weighted by atomic mass is 16.1. The van der Waals surface area contributed by atoms with Crippen LogP contribution in [0.25, 0.3) is 0 Å². The number of aliphatic imine (C=N–C) groups is 1. The number of rotatable bonds is 9. The van der Waals surface area contributed by atoms with Crippen LogP contribution in [-0.2, 0) is 0 Å². The maximum absolute atomic E-state index is 11.8. The molecule has 0 unspecified atom stereocenters. The van der Waals surface area contributed by atoms with Crippen molar-refractivity contribution in [1.29, 1.82) is 0 Å². The molecule has 0 bridgehead atoms. The van der Waals surface area contributed by atoms with Crippen LogP contribution in [0.2, 0.25) is 0 Å². The summed E-state index contributed by atoms with van der Waals surface area (Å²) in [6, 6.07) is 3.49. The summed E-state index contributed by atoms with van der Waals surface area (Å²) in [5, 5.41) is 9.31. The van der Waals surface area contributed by atoms with E-state index in [1.165, 1.54) is 12.8 Å². The topological polar surface area (TPSA) is 78.4 Å². The van der Waals surface area contributed by atoms with Gasteiger partial charge >= 0.3 is 0 Å². The maximum Gasteiger partial charge on any atom is 0.252 e. The number of guanidine groups is 1. The lowest BCUT2D eigenvalue weighted by atomic mass is 10.1. The molecular formula is C17H29N5O. The molecule has 1 aromatic heterocycles. The Morgan fingerprint density at radius 3 is 2.57 bits per heavy atom. The second kappa shape index (κ2) is 11.5. The normalized spacial score (nSPS) is 11.4. The van der Waals surface area contributed by atoms with Gasteiger partial charge in [0.2, 0.25) is 0 Å². The van der Waals surface area contributed by atoms with Gasteiger partial charge in [0.25, 0.3) is 5.91 Å². The van der Waals surface area contributed by atoms with E-state index >= 15 is 0 Å². The zero-order valence-corrected chi connectivity index (χ0v) is 14.4. The van der Waals surface area contributed by atoms with Crippen molar-refractivity contribution in [2.45, 2.75) is 33.1 Å². The second-order valence-electron chi connectivity index (χ2n) is 5.81. The van der Waals surface area contributed by atoms with Crippen molar-refractivity contribution in [2.75, 3.05) is 26.7 Å². The first kappa shape index (κ1) is 18.9. The van der Waals surface area contributed by atoms with E-state index in [4.69, 9.17) is 0 Å². The first-order valence-electron chi connectivity index (χ1n) is 8.26. The molecule has 0 aliphatic carbocycles. The zero-order valence-electron chi connectivity index (χ0n) is 14.4. The van der Waals surface area contributed by atoms with Crippen LogP contribution >= 0.6 is 0 Å². The second-order valence-corrected chi connectivity index (χ2v) is 5.81. The average Bonchev–Trinajstić information content (AvgIpc) is 2.56. The van der Waals surface area contributed by atoms with E-state index in [0.717, 1.165) is 24.8 Å². The molecule has 3 N–H and O–H groups in total. The van der Waals surface area contributed by atoms with Crippen LogP contribution in [0.5, 0.6) is 0 Å². The van der Waals surface area contributed by atoms with Crippen molar-refractivity contribution in [1.82, 2.24) is 20.9 Å². The van der Waals surface area contributed by atoms with Gasteiger partial charge in [-0.05, 0) is 24.5 Å². The van der Waals surface area contributed by atoms with Crippen LogP contribution in [0.15, 0.2) is 29.5 Å². The van der Waals surface area contributed by atoms with Gasteiger partial charge in [-0.25, -0.2) is 0 Å². The number of unbranched alkanes of at least 4 members (excludes halogenated alkanes) is 1. The van der Waals surface area contributed by atoms with Gasteiger partial charge in [0.1, 0.15) is 0 Å². The Morgan fingerprint density at radius 2 is 1.91 bits per heavy atom. The van der Waals surface area contributed by atoms with Gasteiger partial charge in [-0.1, -0.05) is 26.7 Å². The van der Waals surface area contributed by atoms with Crippen molar-refractivity contribution < 1.29 is 4.79 Å². The lowest BCUT2D eigenvalue weighted by Gasteiger charge is -2.12. The molecule has 1 heterocycles. The Labute approximate surface area is 139 Å². The standard InChI is InChI=1S/C17H29N5O/c1-14(2)7-4-5-10-21-17(18-3)22-12-11-20-16(23)15-8-6-9-19-13-15/h6,8-9,13-14H,4-5,7,10-12H2,1-3H3,(H,20,23)(H2,18,21,22). The van der Waals surface area contributed by atoms with E-state index in [1.807, 2.05) is 0 Å². The lowest BCUT2D eigenvalue weighted by molar-refractivity contribution is 0.0954. The minimum atomic E-state index is -0.114. The highest BCUT2D eigenvalue weighted by Crippen LogP contribution is 2.04. The molecular weight excluding hydrogens is 290 g/mol. The number of hydrogen-bond donors (Lipinski definition) is 3. The monoisotopic (exact) mass is 319 g/mol. The van der Waals surface area contributed by atoms with E-state index in [9.17, 15) is 4.79 Å². The molecule has 6 heteroatoms. The van der Waals surface area contributed by atoms with Crippen LogP contribution < -0.4 is 16.0 Å². The predicted octanol–water partition coefficient (Wildman–Crippen LogP) is 1.80. The lowest BCUT2D eigenvalue weighted by Crippen LogP contribution is -2.41. The van der Waals surface area contributed by atoms with Gasteiger partial charge < -0.3 is 16.0 Å². The van der Waals surface area contributed by atoms with Gasteiger partial charge in [-0.3, -0.25) is 14.8 Å². The van der Waals surface area contributed by atoms with Crippen LogP contribution in [-0.4, -0.2) is 43.5 Å². The van der Waals surface area contributed by atoms with Crippen LogP contribution in [0.4, 0.5) is 0 Å². The smallest absolute Gasteiger partial charge is 0.252 e. The summed E-state index contributed by atoms with van der Waals surface area (Å²) in [7, 11) is 1.75. The summed E-state index contributed by atoms with van der Waals surface area (Å²) in [6.07, 6.45) is 6.82. The highest BCUT2D eigenvalue weighted by Gasteiger charge is 2.04. The van der Waals surface area contributed by atoms with Gasteiger partial charge in [0.05, 0.1) is 5.56 Å². The predicted molar refractivity (Wildman–Crippen MR) is 94.6 cm³/mol. The number of amides is 1. The molecule has 1 aromatic rings. The Bertz CT molecular complexity index is 473. The van der Waals surface area contributed by atoms with E-state index in [-0.39, 0.29) is 5.91 Å². The van der Waals surface area contributed by atoms with E-state index in [1.54, 1.807) is 31.6 Å². The molecule has 0 aliphatic heterocycles. The fraction of sp³-hybridized carbons (Fsp3) is 0.588. The number of pyridine rings is 1. The highest BCUT2D eigenvalue weighted by molar-refractivity contribution is 5.93. The van der Waals surface area contributed by atoms with Gasteiger partial charge in [0.15, 0.2) is 5.96 Å². The molecule has 0 saturated heterocycles. The number of hydrogen-bond acceptors (Lipinski definition) is 3. The van der Waals surface area contributed by atoms with Gasteiger partial charge in [-0.15, -0.1) is 0 Å². The largest absolute Gasteiger partial charge is 0.356 e. The minimum Gasteiger partial charge on any atom is -0.356 e. The molecule has 128 valence electrons. The number of nitrogens with zero attached hydrogens (tertiary/aromatic N) is 2. The summed E-state index contributed by atoms with van der Waals surface area (Å²) in [5.74, 6) is 1.41. The quantitative estimate of drug-likeness (QED) is 0.368. The van der Waals surface area contributed by atoms with Gasteiger partial charge in [-0.2, -0.15) is 0 Å². The summed E-state index contributed by atoms with van der Waals surface area (Å²) in [6.45, 7) is 6.55. The molecule has 0 atom stereocenters. The van der Waals surface area contributed by atoms with Crippen LogP contribution in [0, 0.1) is 5.92 Å². The molecule has 0 aliphatic rings. The molecule has 0 aromatic carbocycles. The summed E-state index contributed by atoms with van der Waals surface area (Å²) >= 11 is 0. The Hall–Kier alpha value is -2.11. The molecule has 0 radical (unpaired) electrons. The molecule has 0 spiro atoms. The molecule has 23 heavy (non-hydrogen) atoms. The Balaban J connectivity index is 2.12. The SMILES string of the molecule is CN=C(NCCCCC(C)C)NCCNC(=O)c1cccnc1. The van der Waals surface area contributed by atoms with E-state index in [0.29, 0.717) is 18.7 Å². The van der Waals surface area contributed by atoms with Crippen molar-refractivity contribution in [2.24, 2.45) is 10.9 Å². The Morgan fingerprint density at radius 1 is 1.17 bits per heavy atom. The number of aromatic nitrogens is 1. The summed E-state index contributed by atoms with van der Waals surface area (Å²) in [5.41, 5.74) is 0.570. The van der Waals surface area contributed by atoms with Crippen molar-refractivity contribution in [3.63, 3.8) is 0 Å². The molecule has 0 fully saturated rings. The van der Waals surface area contributed by atoms with Crippen molar-refractivity contribution >= 4 is 11.9 Å². The third-order valence-electron chi connectivity index (χ3n) is 3.35. The maximum atomic E-state index is 11.8. The first-order chi connectivity index (χ1) is 11.1. The minimum absolute atomic E-state index is 0.114. The zero-order chi connectivity index (χ0) is 16.9. The third kappa shape index (κ3) is 8.80. The number of nitrogens with one attached hydrogen (secondary N) is 3. The van der Waals surface area contributed by atoms with Crippen molar-refractivity contribution in [3.8, 4) is 0 Å². The summed E-state index contributed by atoms with van der Waals surface area (Å²) in [4.78, 5) is 19.9. The van der Waals surface area contributed by atoms with Crippen molar-refractivity contribution in [3.05, 3.63) is 30.1 Å². The first-order valence-corrected chi connectivity index (χ1v) is 8.26. The average molecular weight is 319 g/mol.